The molecular formula is C17H16N4OS. The van der Waals surface area contributed by atoms with Crippen molar-refractivity contribution >= 4 is 28.3 Å². The molecule has 0 aliphatic heterocycles. The molecule has 0 radical (unpaired) electrons. The van der Waals surface area contributed by atoms with Crippen molar-refractivity contribution in [2.24, 2.45) is 0 Å². The maximum atomic E-state index is 12.2. The van der Waals surface area contributed by atoms with Gasteiger partial charge in [0.05, 0.1) is 0 Å². The fourth-order valence-electron chi connectivity index (χ4n) is 2.01. The number of hydrogen-bond donors (Lipinski definition) is 2. The van der Waals surface area contributed by atoms with Gasteiger partial charge in [-0.25, -0.2) is 0 Å². The number of amides is 1. The number of hydrogen-bond acceptors (Lipinski definition) is 5. The van der Waals surface area contributed by atoms with E-state index in [4.69, 9.17) is 0 Å². The van der Waals surface area contributed by atoms with Crippen LogP contribution in [0.2, 0.25) is 0 Å². The molecule has 23 heavy (non-hydrogen) atoms. The summed E-state index contributed by atoms with van der Waals surface area (Å²) in [6.45, 7) is 1.79. The maximum absolute atomic E-state index is 12.2. The van der Waals surface area contributed by atoms with E-state index in [1.165, 1.54) is 11.5 Å². The van der Waals surface area contributed by atoms with Crippen LogP contribution in [-0.2, 0) is 4.79 Å². The normalized spacial score (nSPS) is 11.7. The van der Waals surface area contributed by atoms with E-state index in [0.29, 0.717) is 11.0 Å². The molecule has 1 aromatic heterocycles. The van der Waals surface area contributed by atoms with Gasteiger partial charge in [0, 0.05) is 22.8 Å². The Morgan fingerprint density at radius 1 is 1.04 bits per heavy atom. The molecule has 1 unspecified atom stereocenters. The van der Waals surface area contributed by atoms with E-state index in [9.17, 15) is 4.79 Å². The third-order valence-corrected chi connectivity index (χ3v) is 3.88. The lowest BCUT2D eigenvalue weighted by Gasteiger charge is -2.12. The first-order valence-corrected chi connectivity index (χ1v) is 8.01. The van der Waals surface area contributed by atoms with Crippen molar-refractivity contribution < 1.29 is 4.79 Å². The first kappa shape index (κ1) is 15.2. The van der Waals surface area contributed by atoms with Crippen molar-refractivity contribution in [3.05, 3.63) is 60.7 Å². The van der Waals surface area contributed by atoms with Crippen LogP contribution in [0.5, 0.6) is 0 Å². The molecule has 116 valence electrons. The molecule has 0 aliphatic carbocycles. The van der Waals surface area contributed by atoms with Crippen LogP contribution in [0, 0.1) is 0 Å². The minimum atomic E-state index is -0.410. The maximum Gasteiger partial charge on any atom is 0.246 e. The number of carbonyl (C=O) groups excluding carboxylic acids is 1. The predicted molar refractivity (Wildman–Crippen MR) is 93.5 cm³/mol. The molecule has 0 saturated carbocycles. The summed E-state index contributed by atoms with van der Waals surface area (Å²) < 4.78 is 4.32. The molecule has 2 N–H and O–H groups in total. The van der Waals surface area contributed by atoms with Crippen molar-refractivity contribution in [2.45, 2.75) is 13.0 Å². The summed E-state index contributed by atoms with van der Waals surface area (Å²) in [5.41, 5.74) is 1.73. The van der Waals surface area contributed by atoms with Crippen molar-refractivity contribution in [1.82, 2.24) is 9.36 Å². The number of aromatic nitrogens is 2. The van der Waals surface area contributed by atoms with Gasteiger partial charge in [0.25, 0.3) is 0 Å². The number of para-hydroxylation sites is 1. The lowest BCUT2D eigenvalue weighted by molar-refractivity contribution is -0.116. The highest BCUT2D eigenvalue weighted by Gasteiger charge is 2.15. The Morgan fingerprint density at radius 2 is 1.70 bits per heavy atom. The highest BCUT2D eigenvalue weighted by atomic mass is 32.1. The lowest BCUT2D eigenvalue weighted by Crippen LogP contribution is -2.31. The van der Waals surface area contributed by atoms with Crippen LogP contribution in [0.25, 0.3) is 11.4 Å². The van der Waals surface area contributed by atoms with Crippen LogP contribution < -0.4 is 10.6 Å². The first-order chi connectivity index (χ1) is 11.2. The van der Waals surface area contributed by atoms with Crippen LogP contribution in [0.15, 0.2) is 60.7 Å². The topological polar surface area (TPSA) is 66.9 Å². The van der Waals surface area contributed by atoms with E-state index in [2.05, 4.69) is 20.0 Å². The van der Waals surface area contributed by atoms with Crippen molar-refractivity contribution in [3.63, 3.8) is 0 Å². The minimum absolute atomic E-state index is 0.118. The van der Waals surface area contributed by atoms with E-state index < -0.39 is 6.04 Å². The number of rotatable bonds is 5. The molecule has 3 rings (SSSR count). The average molecular weight is 324 g/mol. The summed E-state index contributed by atoms with van der Waals surface area (Å²) in [5, 5.41) is 6.56. The molecule has 0 saturated heterocycles. The van der Waals surface area contributed by atoms with Crippen molar-refractivity contribution in [3.8, 4) is 11.4 Å². The monoisotopic (exact) mass is 324 g/mol. The Kier molecular flexibility index (Phi) is 4.63. The fourth-order valence-corrected chi connectivity index (χ4v) is 2.69. The van der Waals surface area contributed by atoms with E-state index in [-0.39, 0.29) is 5.91 Å². The third-order valence-electron chi connectivity index (χ3n) is 3.23. The molecule has 0 fully saturated rings. The SMILES string of the molecule is CC(Nc1nc(-c2ccccc2)ns1)C(=O)Nc1ccccc1. The van der Waals surface area contributed by atoms with Crippen LogP contribution >= 0.6 is 11.5 Å². The van der Waals surface area contributed by atoms with Gasteiger partial charge in [0.2, 0.25) is 11.0 Å². The third kappa shape index (κ3) is 3.92. The Hall–Kier alpha value is -2.73. The molecule has 0 bridgehead atoms. The smallest absolute Gasteiger partial charge is 0.246 e. The van der Waals surface area contributed by atoms with Crippen molar-refractivity contribution in [1.29, 1.82) is 0 Å². The predicted octanol–water partition coefficient (Wildman–Crippen LogP) is 3.64. The largest absolute Gasteiger partial charge is 0.349 e. The quantitative estimate of drug-likeness (QED) is 0.752. The summed E-state index contributed by atoms with van der Waals surface area (Å²) in [4.78, 5) is 16.6. The van der Waals surface area contributed by atoms with Crippen LogP contribution in [0.4, 0.5) is 10.8 Å². The summed E-state index contributed by atoms with van der Waals surface area (Å²) in [6, 6.07) is 18.7. The summed E-state index contributed by atoms with van der Waals surface area (Å²) in [6.07, 6.45) is 0. The summed E-state index contributed by atoms with van der Waals surface area (Å²) in [5.74, 6) is 0.543. The Labute approximate surface area is 138 Å². The average Bonchev–Trinajstić information content (AvgIpc) is 3.05. The summed E-state index contributed by atoms with van der Waals surface area (Å²) >= 11 is 1.24. The molecule has 2 aromatic carbocycles. The number of anilines is 2. The Morgan fingerprint density at radius 3 is 2.39 bits per heavy atom. The van der Waals surface area contributed by atoms with Gasteiger partial charge in [-0.3, -0.25) is 4.79 Å². The molecule has 1 heterocycles. The van der Waals surface area contributed by atoms with E-state index in [1.807, 2.05) is 60.7 Å². The van der Waals surface area contributed by atoms with E-state index in [0.717, 1.165) is 11.3 Å². The van der Waals surface area contributed by atoms with Gasteiger partial charge < -0.3 is 10.6 Å². The molecule has 1 atom stereocenters. The molecule has 0 aliphatic rings. The number of nitrogens with zero attached hydrogens (tertiary/aromatic N) is 2. The van der Waals surface area contributed by atoms with Gasteiger partial charge >= 0.3 is 0 Å². The molecule has 3 aromatic rings. The Balaban J connectivity index is 1.63. The zero-order chi connectivity index (χ0) is 16.1. The highest BCUT2D eigenvalue weighted by molar-refractivity contribution is 7.09. The van der Waals surface area contributed by atoms with Gasteiger partial charge in [0.1, 0.15) is 6.04 Å². The molecular weight excluding hydrogens is 308 g/mol. The van der Waals surface area contributed by atoms with Crippen LogP contribution in [0.3, 0.4) is 0 Å². The van der Waals surface area contributed by atoms with Gasteiger partial charge in [-0.15, -0.1) is 0 Å². The molecule has 1 amide bonds. The van der Waals surface area contributed by atoms with Gasteiger partial charge in [-0.2, -0.15) is 9.36 Å². The van der Waals surface area contributed by atoms with Crippen molar-refractivity contribution in [2.75, 3.05) is 10.6 Å². The van der Waals surface area contributed by atoms with E-state index in [1.54, 1.807) is 6.92 Å². The molecule has 0 spiro atoms. The van der Waals surface area contributed by atoms with Crippen LogP contribution in [-0.4, -0.2) is 21.3 Å². The first-order valence-electron chi connectivity index (χ1n) is 7.24. The van der Waals surface area contributed by atoms with E-state index >= 15 is 0 Å². The molecule has 5 nitrogen and oxygen atoms in total. The lowest BCUT2D eigenvalue weighted by atomic mass is 10.2. The van der Waals surface area contributed by atoms with Gasteiger partial charge in [-0.1, -0.05) is 48.5 Å². The minimum Gasteiger partial charge on any atom is -0.349 e. The fraction of sp³-hybridized carbons (Fsp3) is 0.118. The van der Waals surface area contributed by atoms with Gasteiger partial charge in [0.15, 0.2) is 5.82 Å². The zero-order valence-corrected chi connectivity index (χ0v) is 13.4. The highest BCUT2D eigenvalue weighted by Crippen LogP contribution is 2.21. The van der Waals surface area contributed by atoms with Gasteiger partial charge in [-0.05, 0) is 19.1 Å². The zero-order valence-electron chi connectivity index (χ0n) is 12.6. The summed E-state index contributed by atoms with van der Waals surface area (Å²) in [7, 11) is 0. The number of benzene rings is 2. The van der Waals surface area contributed by atoms with Crippen LogP contribution in [0.1, 0.15) is 6.92 Å². The second-order valence-electron chi connectivity index (χ2n) is 5.01. The second-order valence-corrected chi connectivity index (χ2v) is 5.76. The molecule has 6 heteroatoms. The number of nitrogens with one attached hydrogen (secondary N) is 2. The number of carbonyl (C=O) groups is 1. The standard InChI is InChI=1S/C17H16N4OS/c1-12(16(22)19-14-10-6-3-7-11-14)18-17-20-15(21-23-17)13-8-4-2-5-9-13/h2-12H,1H3,(H,19,22)(H,18,20,21). The second kappa shape index (κ2) is 7.02. The Bertz CT molecular complexity index is 774.